The highest BCUT2D eigenvalue weighted by Crippen LogP contribution is 2.26. The van der Waals surface area contributed by atoms with Crippen LogP contribution in [0.2, 0.25) is 0 Å². The lowest BCUT2D eigenvalue weighted by molar-refractivity contribution is 0.0792. The number of ether oxygens (including phenoxy) is 1. The topological polar surface area (TPSA) is 75.7 Å². The molecule has 1 N–H and O–H groups in total. The molecule has 1 aliphatic heterocycles. The number of amides is 1. The van der Waals surface area contributed by atoms with Crippen molar-refractivity contribution in [1.29, 1.82) is 0 Å². The molecule has 7 heteroatoms. The average Bonchev–Trinajstić information content (AvgIpc) is 2.68. The van der Waals surface area contributed by atoms with E-state index in [-0.39, 0.29) is 12.1 Å². The summed E-state index contributed by atoms with van der Waals surface area (Å²) >= 11 is 0. The van der Waals surface area contributed by atoms with Crippen LogP contribution in [0.5, 0.6) is 0 Å². The summed E-state index contributed by atoms with van der Waals surface area (Å²) in [6, 6.07) is 15.8. The van der Waals surface area contributed by atoms with Crippen LogP contribution in [0.1, 0.15) is 24.0 Å². The smallest absolute Gasteiger partial charge is 0.409 e. The first-order valence-corrected chi connectivity index (χ1v) is 11.6. The monoisotopic (exact) mass is 416 g/mol. The number of nitrogens with zero attached hydrogens (tertiary/aromatic N) is 1. The van der Waals surface area contributed by atoms with Gasteiger partial charge in [0.25, 0.3) is 0 Å². The fraction of sp³-hybridized carbons (Fsp3) is 0.409. The number of rotatable bonds is 5. The number of aryl methyl sites for hydroxylation is 1. The summed E-state index contributed by atoms with van der Waals surface area (Å²) < 4.78 is 31.4. The second kappa shape index (κ2) is 8.97. The van der Waals surface area contributed by atoms with Gasteiger partial charge >= 0.3 is 6.09 Å². The van der Waals surface area contributed by atoms with Crippen LogP contribution in [-0.4, -0.2) is 51.4 Å². The molecule has 1 heterocycles. The van der Waals surface area contributed by atoms with Gasteiger partial charge in [-0.1, -0.05) is 54.1 Å². The number of piperidine rings is 1. The van der Waals surface area contributed by atoms with E-state index in [0.29, 0.717) is 19.4 Å². The first-order chi connectivity index (χ1) is 13.8. The lowest BCUT2D eigenvalue weighted by atomic mass is 9.90. The highest BCUT2D eigenvalue weighted by molar-refractivity contribution is 7.88. The summed E-state index contributed by atoms with van der Waals surface area (Å²) in [6.07, 6.45) is 2.68. The molecule has 0 saturated carbocycles. The van der Waals surface area contributed by atoms with Crippen molar-refractivity contribution in [2.75, 3.05) is 19.9 Å². The Labute approximate surface area is 172 Å². The van der Waals surface area contributed by atoms with Crippen molar-refractivity contribution in [2.45, 2.75) is 38.3 Å². The van der Waals surface area contributed by atoms with Gasteiger partial charge in [-0.3, -0.25) is 0 Å². The van der Waals surface area contributed by atoms with E-state index in [4.69, 9.17) is 4.74 Å². The molecule has 2 aromatic carbocycles. The van der Waals surface area contributed by atoms with E-state index in [1.807, 2.05) is 18.2 Å². The molecule has 0 radical (unpaired) electrons. The largest absolute Gasteiger partial charge is 0.453 e. The van der Waals surface area contributed by atoms with Crippen molar-refractivity contribution in [1.82, 2.24) is 9.62 Å². The minimum Gasteiger partial charge on any atom is -0.453 e. The molecular weight excluding hydrogens is 388 g/mol. The molecule has 29 heavy (non-hydrogen) atoms. The van der Waals surface area contributed by atoms with E-state index < -0.39 is 16.1 Å². The molecule has 1 saturated heterocycles. The second-order valence-corrected chi connectivity index (χ2v) is 9.42. The summed E-state index contributed by atoms with van der Waals surface area (Å²) in [6.45, 7) is 2.61. The zero-order valence-corrected chi connectivity index (χ0v) is 17.9. The number of sulfonamides is 1. The Morgan fingerprint density at radius 2 is 1.86 bits per heavy atom. The van der Waals surface area contributed by atoms with Gasteiger partial charge in [-0.15, -0.1) is 0 Å². The molecule has 0 aliphatic carbocycles. The third-order valence-corrected chi connectivity index (χ3v) is 6.01. The Bertz CT molecular complexity index is 974. The van der Waals surface area contributed by atoms with Crippen molar-refractivity contribution in [3.8, 4) is 11.1 Å². The number of carbonyl (C=O) groups is 1. The molecule has 2 aromatic rings. The number of benzene rings is 2. The molecule has 1 amide bonds. The lowest BCUT2D eigenvalue weighted by Crippen LogP contribution is -2.57. The number of hydrogen-bond acceptors (Lipinski definition) is 4. The van der Waals surface area contributed by atoms with Gasteiger partial charge in [-0.2, -0.15) is 0 Å². The van der Waals surface area contributed by atoms with Gasteiger partial charge < -0.3 is 9.64 Å². The highest BCUT2D eigenvalue weighted by atomic mass is 32.2. The van der Waals surface area contributed by atoms with Crippen molar-refractivity contribution in [3.05, 3.63) is 59.7 Å². The zero-order chi connectivity index (χ0) is 21.0. The summed E-state index contributed by atoms with van der Waals surface area (Å²) in [4.78, 5) is 14.0. The molecule has 0 aromatic heterocycles. The van der Waals surface area contributed by atoms with Gasteiger partial charge in [-0.25, -0.2) is 17.9 Å². The standard InChI is InChI=1S/C22H28N2O4S/c1-16-7-4-9-18(13-16)19-10-5-8-17(14-19)15-21-20(23-29(3,26)27)11-6-12-24(21)22(25)28-2/h4-5,7-10,13-14,20-21,23H,6,11-12,15H2,1-3H3/t20-,21-/m1/s1. The molecule has 156 valence electrons. The van der Waals surface area contributed by atoms with E-state index in [1.54, 1.807) is 4.90 Å². The Kier molecular flexibility index (Phi) is 6.59. The first kappa shape index (κ1) is 21.3. The Balaban J connectivity index is 1.90. The van der Waals surface area contributed by atoms with Crippen LogP contribution in [0, 0.1) is 6.92 Å². The Morgan fingerprint density at radius 3 is 2.52 bits per heavy atom. The molecule has 0 unspecified atom stereocenters. The van der Waals surface area contributed by atoms with Crippen molar-refractivity contribution < 1.29 is 17.9 Å². The Morgan fingerprint density at radius 1 is 1.17 bits per heavy atom. The predicted octanol–water partition coefficient (Wildman–Crippen LogP) is 3.35. The number of nitrogens with one attached hydrogen (secondary N) is 1. The minimum atomic E-state index is -3.39. The van der Waals surface area contributed by atoms with Gasteiger partial charge in [0.15, 0.2) is 0 Å². The van der Waals surface area contributed by atoms with Crippen molar-refractivity contribution in [3.63, 3.8) is 0 Å². The maximum Gasteiger partial charge on any atom is 0.409 e. The van der Waals surface area contributed by atoms with E-state index in [0.717, 1.165) is 29.4 Å². The molecule has 0 bridgehead atoms. The number of methoxy groups -OCH3 is 1. The third kappa shape index (κ3) is 5.58. The third-order valence-electron chi connectivity index (χ3n) is 5.28. The summed E-state index contributed by atoms with van der Waals surface area (Å²) in [7, 11) is -2.04. The van der Waals surface area contributed by atoms with Crippen LogP contribution in [0.3, 0.4) is 0 Å². The molecule has 1 fully saturated rings. The predicted molar refractivity (Wildman–Crippen MR) is 114 cm³/mol. The van der Waals surface area contributed by atoms with Crippen molar-refractivity contribution in [2.24, 2.45) is 0 Å². The van der Waals surface area contributed by atoms with Gasteiger partial charge in [-0.05, 0) is 42.9 Å². The molecule has 6 nitrogen and oxygen atoms in total. The lowest BCUT2D eigenvalue weighted by Gasteiger charge is -2.40. The van der Waals surface area contributed by atoms with Crippen LogP contribution >= 0.6 is 0 Å². The minimum absolute atomic E-state index is 0.307. The van der Waals surface area contributed by atoms with E-state index in [1.165, 1.54) is 12.7 Å². The van der Waals surface area contributed by atoms with Gasteiger partial charge in [0.2, 0.25) is 10.0 Å². The molecule has 0 spiro atoms. The number of likely N-dealkylation sites (tertiary alicyclic amines) is 1. The number of hydrogen-bond donors (Lipinski definition) is 1. The molecule has 2 atom stereocenters. The summed E-state index contributed by atoms with van der Waals surface area (Å²) in [5.74, 6) is 0. The van der Waals surface area contributed by atoms with Gasteiger partial charge in [0.05, 0.1) is 19.4 Å². The van der Waals surface area contributed by atoms with Gasteiger partial charge in [0, 0.05) is 12.6 Å². The zero-order valence-electron chi connectivity index (χ0n) is 17.1. The molecule has 1 aliphatic rings. The van der Waals surface area contributed by atoms with Crippen LogP contribution in [0.25, 0.3) is 11.1 Å². The van der Waals surface area contributed by atoms with E-state index >= 15 is 0 Å². The van der Waals surface area contributed by atoms with Crippen LogP contribution in [0.4, 0.5) is 4.79 Å². The first-order valence-electron chi connectivity index (χ1n) is 9.75. The van der Waals surface area contributed by atoms with Crippen molar-refractivity contribution >= 4 is 16.1 Å². The SMILES string of the molecule is COC(=O)N1CCC[C@@H](NS(C)(=O)=O)[C@H]1Cc1cccc(-c2cccc(C)c2)c1. The van der Waals surface area contributed by atoms with Gasteiger partial charge in [0.1, 0.15) is 0 Å². The Hall–Kier alpha value is -2.38. The molecule has 3 rings (SSSR count). The highest BCUT2D eigenvalue weighted by Gasteiger charge is 2.36. The maximum atomic E-state index is 12.3. The second-order valence-electron chi connectivity index (χ2n) is 7.64. The summed E-state index contributed by atoms with van der Waals surface area (Å²) in [5, 5.41) is 0. The fourth-order valence-corrected chi connectivity index (χ4v) is 4.83. The van der Waals surface area contributed by atoms with E-state index in [2.05, 4.69) is 42.0 Å². The van der Waals surface area contributed by atoms with Crippen LogP contribution in [0.15, 0.2) is 48.5 Å². The average molecular weight is 417 g/mol. The van der Waals surface area contributed by atoms with Crippen LogP contribution < -0.4 is 4.72 Å². The van der Waals surface area contributed by atoms with E-state index in [9.17, 15) is 13.2 Å². The quantitative estimate of drug-likeness (QED) is 0.811. The maximum absolute atomic E-state index is 12.3. The molecular formula is C22H28N2O4S. The normalized spacial score (nSPS) is 19.8. The summed E-state index contributed by atoms with van der Waals surface area (Å²) in [5.41, 5.74) is 4.46. The fourth-order valence-electron chi connectivity index (χ4n) is 4.01. The van der Waals surface area contributed by atoms with Crippen LogP contribution in [-0.2, 0) is 21.2 Å². The number of carbonyl (C=O) groups excluding carboxylic acids is 1.